The van der Waals surface area contributed by atoms with Gasteiger partial charge in [-0.25, -0.2) is 9.78 Å². The zero-order valence-electron chi connectivity index (χ0n) is 13.9. The molecule has 0 radical (unpaired) electrons. The van der Waals surface area contributed by atoms with Crippen LogP contribution in [-0.4, -0.2) is 52.9 Å². The maximum Gasteiger partial charge on any atom is 0.323 e. The Hall–Kier alpha value is -1.63. The topological polar surface area (TPSA) is 65.5 Å². The quantitative estimate of drug-likeness (QED) is 0.923. The summed E-state index contributed by atoms with van der Waals surface area (Å²) in [6.45, 7) is 8.71. The summed E-state index contributed by atoms with van der Waals surface area (Å²) in [5, 5.41) is 5.49. The second-order valence-corrected chi connectivity index (χ2v) is 7.65. The molecule has 6 nitrogen and oxygen atoms in total. The van der Waals surface area contributed by atoms with Gasteiger partial charge in [0.05, 0.1) is 5.69 Å². The Labute approximate surface area is 140 Å². The number of piperazine rings is 1. The van der Waals surface area contributed by atoms with E-state index in [0.717, 1.165) is 12.1 Å². The minimum Gasteiger partial charge on any atom is -0.339 e. The maximum atomic E-state index is 12.3. The van der Waals surface area contributed by atoms with E-state index in [1.807, 2.05) is 10.3 Å². The van der Waals surface area contributed by atoms with E-state index >= 15 is 0 Å². The maximum absolute atomic E-state index is 12.3. The van der Waals surface area contributed by atoms with Crippen molar-refractivity contribution in [2.75, 3.05) is 31.5 Å². The number of nitrogens with one attached hydrogen (secondary N) is 1. The van der Waals surface area contributed by atoms with Crippen LogP contribution in [0.2, 0.25) is 0 Å². The van der Waals surface area contributed by atoms with E-state index in [9.17, 15) is 9.59 Å². The number of urea groups is 1. The molecule has 3 amide bonds. The van der Waals surface area contributed by atoms with Crippen LogP contribution in [0.15, 0.2) is 5.38 Å². The van der Waals surface area contributed by atoms with Gasteiger partial charge >= 0.3 is 6.03 Å². The van der Waals surface area contributed by atoms with Crippen molar-refractivity contribution in [2.24, 2.45) is 11.8 Å². The molecule has 2 heterocycles. The van der Waals surface area contributed by atoms with Crippen LogP contribution < -0.4 is 5.32 Å². The highest BCUT2D eigenvalue weighted by Gasteiger charge is 2.42. The molecule has 1 saturated carbocycles. The molecule has 0 unspecified atom stereocenters. The van der Waals surface area contributed by atoms with Crippen molar-refractivity contribution in [3.8, 4) is 0 Å². The zero-order chi connectivity index (χ0) is 16.6. The third-order valence-electron chi connectivity index (χ3n) is 4.63. The van der Waals surface area contributed by atoms with Crippen LogP contribution in [0.3, 0.4) is 0 Å². The summed E-state index contributed by atoms with van der Waals surface area (Å²) in [6, 6.07) is -0.124. The number of nitrogens with zero attached hydrogens (tertiary/aromatic N) is 3. The highest BCUT2D eigenvalue weighted by molar-refractivity contribution is 7.13. The summed E-state index contributed by atoms with van der Waals surface area (Å²) < 4.78 is 0. The van der Waals surface area contributed by atoms with Gasteiger partial charge in [-0.2, -0.15) is 0 Å². The lowest BCUT2D eigenvalue weighted by Gasteiger charge is -2.34. The first-order valence-corrected chi connectivity index (χ1v) is 9.13. The third-order valence-corrected chi connectivity index (χ3v) is 5.41. The number of hydrogen-bond donors (Lipinski definition) is 1. The van der Waals surface area contributed by atoms with Gasteiger partial charge in [-0.05, 0) is 18.3 Å². The lowest BCUT2D eigenvalue weighted by Crippen LogP contribution is -2.52. The fourth-order valence-electron chi connectivity index (χ4n) is 2.81. The van der Waals surface area contributed by atoms with Crippen LogP contribution in [0.5, 0.6) is 0 Å². The molecule has 2 atom stereocenters. The Balaban J connectivity index is 1.48. The van der Waals surface area contributed by atoms with Crippen LogP contribution in [0.4, 0.5) is 9.93 Å². The minimum atomic E-state index is -0.124. The van der Waals surface area contributed by atoms with Crippen molar-refractivity contribution >= 4 is 28.4 Å². The molecule has 23 heavy (non-hydrogen) atoms. The summed E-state index contributed by atoms with van der Waals surface area (Å²) in [5.41, 5.74) is 0.999. The van der Waals surface area contributed by atoms with Gasteiger partial charge in [0.1, 0.15) is 0 Å². The van der Waals surface area contributed by atoms with Crippen molar-refractivity contribution in [3.63, 3.8) is 0 Å². The smallest absolute Gasteiger partial charge is 0.323 e. The Morgan fingerprint density at radius 3 is 2.39 bits per heavy atom. The van der Waals surface area contributed by atoms with Crippen molar-refractivity contribution in [2.45, 2.75) is 33.1 Å². The van der Waals surface area contributed by atoms with E-state index < -0.39 is 0 Å². The second-order valence-electron chi connectivity index (χ2n) is 6.79. The third kappa shape index (κ3) is 3.65. The molecule has 1 aromatic heterocycles. The number of rotatable bonds is 3. The van der Waals surface area contributed by atoms with Crippen LogP contribution in [-0.2, 0) is 4.79 Å². The van der Waals surface area contributed by atoms with Crippen molar-refractivity contribution in [1.82, 2.24) is 14.8 Å². The zero-order valence-corrected chi connectivity index (χ0v) is 14.7. The van der Waals surface area contributed by atoms with E-state index in [1.54, 1.807) is 4.90 Å². The van der Waals surface area contributed by atoms with Gasteiger partial charge in [0, 0.05) is 37.5 Å². The number of anilines is 1. The van der Waals surface area contributed by atoms with Gasteiger partial charge in [-0.1, -0.05) is 20.8 Å². The summed E-state index contributed by atoms with van der Waals surface area (Å²) >= 11 is 1.45. The largest absolute Gasteiger partial charge is 0.339 e. The molecular formula is C16H24N4O2S. The Morgan fingerprint density at radius 1 is 1.26 bits per heavy atom. The van der Waals surface area contributed by atoms with Crippen LogP contribution in [0, 0.1) is 11.8 Å². The SMILES string of the molecule is CC(C)c1csc(NC(=O)N2CCN(C(=O)[C@H]3C[C@@H]3C)CC2)n1. The molecule has 0 bridgehead atoms. The average Bonchev–Trinajstić information content (AvgIpc) is 3.07. The van der Waals surface area contributed by atoms with Crippen LogP contribution in [0.25, 0.3) is 0 Å². The molecule has 3 rings (SSSR count). The molecule has 0 spiro atoms. The van der Waals surface area contributed by atoms with Crippen LogP contribution >= 0.6 is 11.3 Å². The fourth-order valence-corrected chi connectivity index (χ4v) is 3.67. The van der Waals surface area contributed by atoms with E-state index in [-0.39, 0.29) is 17.9 Å². The highest BCUT2D eigenvalue weighted by Crippen LogP contribution is 2.39. The number of amides is 3. The van der Waals surface area contributed by atoms with Gasteiger partial charge in [0.25, 0.3) is 0 Å². The molecule has 126 valence electrons. The first kappa shape index (κ1) is 16.2. The second kappa shape index (κ2) is 6.47. The summed E-state index contributed by atoms with van der Waals surface area (Å²) in [5.74, 6) is 1.37. The molecule has 1 N–H and O–H groups in total. The van der Waals surface area contributed by atoms with E-state index in [0.29, 0.717) is 43.1 Å². The molecule has 1 aliphatic heterocycles. The van der Waals surface area contributed by atoms with Crippen LogP contribution in [0.1, 0.15) is 38.8 Å². The first-order valence-electron chi connectivity index (χ1n) is 8.26. The standard InChI is InChI=1S/C16H24N4O2S/c1-10(2)13-9-23-15(17-13)18-16(22)20-6-4-19(5-7-20)14(21)12-8-11(12)3/h9-12H,4-8H2,1-3H3,(H,17,18,22)/t11-,12-/m0/s1. The van der Waals surface area contributed by atoms with Gasteiger partial charge in [0.2, 0.25) is 5.91 Å². The highest BCUT2D eigenvalue weighted by atomic mass is 32.1. The normalized spacial score (nSPS) is 24.0. The van der Waals surface area contributed by atoms with Gasteiger partial charge in [0.15, 0.2) is 5.13 Å². The number of hydrogen-bond acceptors (Lipinski definition) is 4. The monoisotopic (exact) mass is 336 g/mol. The lowest BCUT2D eigenvalue weighted by molar-refractivity contribution is -0.134. The van der Waals surface area contributed by atoms with E-state index in [1.165, 1.54) is 11.3 Å². The van der Waals surface area contributed by atoms with Gasteiger partial charge in [-0.15, -0.1) is 11.3 Å². The molecule has 1 aliphatic carbocycles. The first-order chi connectivity index (χ1) is 11.0. The lowest BCUT2D eigenvalue weighted by atomic mass is 10.2. The van der Waals surface area contributed by atoms with Crippen molar-refractivity contribution in [1.29, 1.82) is 0 Å². The average molecular weight is 336 g/mol. The summed E-state index contributed by atoms with van der Waals surface area (Å²) in [7, 11) is 0. The fraction of sp³-hybridized carbons (Fsp3) is 0.688. The molecule has 2 aliphatic rings. The predicted octanol–water partition coefficient (Wildman–Crippen LogP) is 2.60. The molecule has 2 fully saturated rings. The van der Waals surface area contributed by atoms with Gasteiger partial charge in [-0.3, -0.25) is 10.1 Å². The summed E-state index contributed by atoms with van der Waals surface area (Å²) in [4.78, 5) is 32.6. The number of aromatic nitrogens is 1. The Kier molecular flexibility index (Phi) is 4.57. The molecule has 1 aromatic rings. The molecule has 1 saturated heterocycles. The summed E-state index contributed by atoms with van der Waals surface area (Å²) in [6.07, 6.45) is 1.02. The van der Waals surface area contributed by atoms with E-state index in [2.05, 4.69) is 31.1 Å². The number of carbonyl (C=O) groups excluding carboxylic acids is 2. The van der Waals surface area contributed by atoms with Crippen molar-refractivity contribution < 1.29 is 9.59 Å². The molecule has 7 heteroatoms. The molecular weight excluding hydrogens is 312 g/mol. The molecule has 0 aromatic carbocycles. The number of thiazole rings is 1. The van der Waals surface area contributed by atoms with Crippen molar-refractivity contribution in [3.05, 3.63) is 11.1 Å². The Bertz CT molecular complexity index is 593. The minimum absolute atomic E-state index is 0.124. The van der Waals surface area contributed by atoms with Gasteiger partial charge < -0.3 is 9.80 Å². The predicted molar refractivity (Wildman–Crippen MR) is 90.6 cm³/mol. The Morgan fingerprint density at radius 2 is 1.87 bits per heavy atom. The van der Waals surface area contributed by atoms with E-state index in [4.69, 9.17) is 0 Å². The number of carbonyl (C=O) groups is 2.